The van der Waals surface area contributed by atoms with Crippen molar-refractivity contribution in [1.82, 2.24) is 0 Å². The molecular weight excluding hydrogens is 427 g/mol. The maximum Gasteiger partial charge on any atom is 0.330 e. The van der Waals surface area contributed by atoms with E-state index in [1.165, 1.54) is 38.5 Å². The molecule has 3 nitrogen and oxygen atoms in total. The van der Waals surface area contributed by atoms with Crippen LogP contribution >= 0.6 is 0 Å². The number of hydrogen-bond donors (Lipinski definition) is 1. The number of ether oxygens (including phenoxy) is 1. The summed E-state index contributed by atoms with van der Waals surface area (Å²) >= 11 is 0. The minimum Gasteiger partial charge on any atom is -0.458 e. The van der Waals surface area contributed by atoms with E-state index in [-0.39, 0.29) is 19.0 Å². The summed E-state index contributed by atoms with van der Waals surface area (Å²) in [5.41, 5.74) is 4.24. The quantitative estimate of drug-likeness (QED) is 0.200. The highest BCUT2D eigenvalue weighted by Gasteiger charge is 2.23. The zero-order valence-corrected chi connectivity index (χ0v) is 20.5. The van der Waals surface area contributed by atoms with Crippen LogP contribution in [0.2, 0.25) is 0 Å². The van der Waals surface area contributed by atoms with Gasteiger partial charge in [-0.2, -0.15) is 0 Å². The van der Waals surface area contributed by atoms with Crippen LogP contribution in [0.15, 0.2) is 49.1 Å². The Morgan fingerprint density at radius 3 is 2.56 bits per heavy atom. The second-order valence-corrected chi connectivity index (χ2v) is 9.58. The number of carbonyl (C=O) groups is 1. The molecule has 0 unspecified atom stereocenters. The van der Waals surface area contributed by atoms with E-state index in [1.54, 1.807) is 6.07 Å². The van der Waals surface area contributed by atoms with Gasteiger partial charge in [-0.1, -0.05) is 63.5 Å². The molecule has 1 aliphatic rings. The van der Waals surface area contributed by atoms with Crippen LogP contribution in [0, 0.1) is 11.7 Å². The van der Waals surface area contributed by atoms with Gasteiger partial charge in [-0.05, 0) is 84.7 Å². The van der Waals surface area contributed by atoms with Gasteiger partial charge in [0.1, 0.15) is 12.4 Å². The van der Waals surface area contributed by atoms with E-state index in [0.29, 0.717) is 24.3 Å². The SMILES string of the molecule is C=CC(=O)OCc1cc(-c2ccc(C3CCC(CCCCC)CC3)cc2F)ccc1CCCO. The molecule has 0 bridgehead atoms. The molecule has 0 aliphatic heterocycles. The Labute approximate surface area is 204 Å². The number of hydrogen-bond acceptors (Lipinski definition) is 3. The second-order valence-electron chi connectivity index (χ2n) is 9.58. The first-order valence-corrected chi connectivity index (χ1v) is 12.9. The Morgan fingerprint density at radius 2 is 1.88 bits per heavy atom. The van der Waals surface area contributed by atoms with Crippen molar-refractivity contribution in [3.63, 3.8) is 0 Å². The smallest absolute Gasteiger partial charge is 0.330 e. The fourth-order valence-electron chi connectivity index (χ4n) is 5.14. The van der Waals surface area contributed by atoms with Gasteiger partial charge >= 0.3 is 5.97 Å². The highest BCUT2D eigenvalue weighted by atomic mass is 19.1. The average molecular weight is 467 g/mol. The van der Waals surface area contributed by atoms with Gasteiger partial charge in [0.25, 0.3) is 0 Å². The van der Waals surface area contributed by atoms with Crippen molar-refractivity contribution >= 4 is 5.97 Å². The molecule has 1 aliphatic carbocycles. The lowest BCUT2D eigenvalue weighted by Crippen LogP contribution is -2.13. The third kappa shape index (κ3) is 7.27. The predicted octanol–water partition coefficient (Wildman–Crippen LogP) is 7.50. The molecule has 4 heteroatoms. The van der Waals surface area contributed by atoms with Gasteiger partial charge in [-0.3, -0.25) is 0 Å². The van der Waals surface area contributed by atoms with Gasteiger partial charge in [-0.15, -0.1) is 0 Å². The minimum absolute atomic E-state index is 0.0877. The molecule has 0 radical (unpaired) electrons. The monoisotopic (exact) mass is 466 g/mol. The Bertz CT molecular complexity index is 944. The van der Waals surface area contributed by atoms with Crippen LogP contribution in [-0.4, -0.2) is 17.7 Å². The summed E-state index contributed by atoms with van der Waals surface area (Å²) in [5.74, 6) is 0.583. The summed E-state index contributed by atoms with van der Waals surface area (Å²) < 4.78 is 20.5. The molecule has 0 spiro atoms. The maximum atomic E-state index is 15.2. The first kappa shape index (κ1) is 26.2. The van der Waals surface area contributed by atoms with E-state index in [1.807, 2.05) is 24.3 Å². The molecule has 1 N–H and O–H groups in total. The van der Waals surface area contributed by atoms with Gasteiger partial charge in [-0.25, -0.2) is 9.18 Å². The summed E-state index contributed by atoms with van der Waals surface area (Å²) in [6, 6.07) is 11.4. The second kappa shape index (κ2) is 13.4. The zero-order valence-electron chi connectivity index (χ0n) is 20.5. The summed E-state index contributed by atoms with van der Waals surface area (Å²) in [6.07, 6.45) is 12.5. The van der Waals surface area contributed by atoms with Crippen LogP contribution in [0.5, 0.6) is 0 Å². The van der Waals surface area contributed by atoms with Crippen molar-refractivity contribution in [3.8, 4) is 11.1 Å². The van der Waals surface area contributed by atoms with Crippen LogP contribution in [-0.2, 0) is 22.6 Å². The maximum absolute atomic E-state index is 15.2. The molecule has 3 rings (SSSR count). The lowest BCUT2D eigenvalue weighted by Gasteiger charge is -2.29. The van der Waals surface area contributed by atoms with Gasteiger partial charge < -0.3 is 9.84 Å². The van der Waals surface area contributed by atoms with Crippen molar-refractivity contribution in [2.75, 3.05) is 6.61 Å². The molecule has 0 amide bonds. The van der Waals surface area contributed by atoms with Crippen molar-refractivity contribution in [2.24, 2.45) is 5.92 Å². The first-order chi connectivity index (χ1) is 16.5. The van der Waals surface area contributed by atoms with Crippen molar-refractivity contribution in [3.05, 3.63) is 71.6 Å². The van der Waals surface area contributed by atoms with E-state index < -0.39 is 5.97 Å². The molecule has 0 atom stereocenters. The van der Waals surface area contributed by atoms with Crippen LogP contribution in [0.4, 0.5) is 4.39 Å². The molecule has 2 aromatic rings. The number of aliphatic hydroxyl groups excluding tert-OH is 1. The number of carbonyl (C=O) groups excluding carboxylic acids is 1. The minimum atomic E-state index is -0.492. The third-order valence-corrected chi connectivity index (χ3v) is 7.19. The molecule has 1 fully saturated rings. The van der Waals surface area contributed by atoms with Crippen molar-refractivity contribution in [2.45, 2.75) is 83.7 Å². The van der Waals surface area contributed by atoms with Crippen LogP contribution in [0.25, 0.3) is 11.1 Å². The standard InChI is InChI=1S/C30H39FO3/c1-3-5-6-8-22-10-12-24(13-11-22)25-16-17-28(29(31)20-25)26-15-14-23(9-7-18-32)27(19-26)21-34-30(33)4-2/h4,14-17,19-20,22,24,32H,2-3,5-13,18,21H2,1H3. The predicted molar refractivity (Wildman–Crippen MR) is 136 cm³/mol. The average Bonchev–Trinajstić information content (AvgIpc) is 2.86. The Hall–Kier alpha value is -2.46. The largest absolute Gasteiger partial charge is 0.458 e. The van der Waals surface area contributed by atoms with Gasteiger partial charge in [0.15, 0.2) is 0 Å². The Balaban J connectivity index is 1.72. The molecule has 2 aromatic carbocycles. The lowest BCUT2D eigenvalue weighted by molar-refractivity contribution is -0.138. The topological polar surface area (TPSA) is 46.5 Å². The number of esters is 1. The van der Waals surface area contributed by atoms with Crippen LogP contribution in [0.1, 0.15) is 87.3 Å². The summed E-state index contributed by atoms with van der Waals surface area (Å²) in [5, 5.41) is 9.19. The fraction of sp³-hybridized carbons (Fsp3) is 0.500. The number of halogens is 1. The van der Waals surface area contributed by atoms with Crippen LogP contribution in [0.3, 0.4) is 0 Å². The number of rotatable bonds is 12. The molecule has 0 saturated heterocycles. The van der Waals surface area contributed by atoms with Crippen LogP contribution < -0.4 is 0 Å². The van der Waals surface area contributed by atoms with Gasteiger partial charge in [0.2, 0.25) is 0 Å². The number of aryl methyl sites for hydroxylation is 1. The highest BCUT2D eigenvalue weighted by Crippen LogP contribution is 2.39. The number of unbranched alkanes of at least 4 members (excludes halogenated alkanes) is 2. The summed E-state index contributed by atoms with van der Waals surface area (Å²) in [4.78, 5) is 11.6. The number of aliphatic hydroxyl groups is 1. The van der Waals surface area contributed by atoms with Gasteiger partial charge in [0, 0.05) is 18.2 Å². The molecule has 1 saturated carbocycles. The summed E-state index contributed by atoms with van der Waals surface area (Å²) in [7, 11) is 0. The molecule has 0 heterocycles. The number of benzene rings is 2. The molecule has 34 heavy (non-hydrogen) atoms. The molecule has 184 valence electrons. The van der Waals surface area contributed by atoms with E-state index in [4.69, 9.17) is 4.74 Å². The first-order valence-electron chi connectivity index (χ1n) is 12.9. The third-order valence-electron chi connectivity index (χ3n) is 7.19. The normalized spacial score (nSPS) is 18.0. The van der Waals surface area contributed by atoms with Gasteiger partial charge in [0.05, 0.1) is 0 Å². The van der Waals surface area contributed by atoms with E-state index >= 15 is 4.39 Å². The summed E-state index contributed by atoms with van der Waals surface area (Å²) in [6.45, 7) is 5.87. The van der Waals surface area contributed by atoms with E-state index in [0.717, 1.165) is 47.1 Å². The van der Waals surface area contributed by atoms with E-state index in [2.05, 4.69) is 19.6 Å². The van der Waals surface area contributed by atoms with Crippen molar-refractivity contribution in [1.29, 1.82) is 0 Å². The Morgan fingerprint density at radius 1 is 1.09 bits per heavy atom. The van der Waals surface area contributed by atoms with Crippen molar-refractivity contribution < 1.29 is 19.0 Å². The molecular formula is C30H39FO3. The highest BCUT2D eigenvalue weighted by molar-refractivity contribution is 5.81. The Kier molecular flexibility index (Phi) is 10.3. The lowest BCUT2D eigenvalue weighted by atomic mass is 9.77. The zero-order chi connectivity index (χ0) is 24.3. The fourth-order valence-corrected chi connectivity index (χ4v) is 5.14. The molecule has 0 aromatic heterocycles. The van der Waals surface area contributed by atoms with E-state index in [9.17, 15) is 9.90 Å².